The molecule has 0 bridgehead atoms. The van der Waals surface area contributed by atoms with Crippen molar-refractivity contribution in [1.29, 1.82) is 0 Å². The zero-order valence-corrected chi connectivity index (χ0v) is 11.5. The molecule has 1 N–H and O–H groups in total. The predicted molar refractivity (Wildman–Crippen MR) is 71.3 cm³/mol. The first-order valence-corrected chi connectivity index (χ1v) is 6.37. The molecule has 1 aliphatic heterocycles. The maximum atomic E-state index is 12.0. The second kappa shape index (κ2) is 5.92. The van der Waals surface area contributed by atoms with Gasteiger partial charge in [0, 0.05) is 0 Å². The van der Waals surface area contributed by atoms with E-state index in [9.17, 15) is 14.4 Å². The summed E-state index contributed by atoms with van der Waals surface area (Å²) < 4.78 is 5.30. The van der Waals surface area contributed by atoms with Crippen LogP contribution in [0.2, 0.25) is 5.02 Å². The second-order valence-electron chi connectivity index (χ2n) is 4.33. The number of piperazine rings is 1. The number of nitrogens with one attached hydrogen (secondary N) is 1. The van der Waals surface area contributed by atoms with E-state index in [-0.39, 0.29) is 13.2 Å². The van der Waals surface area contributed by atoms with E-state index in [0.717, 1.165) is 0 Å². The van der Waals surface area contributed by atoms with Crippen LogP contribution < -0.4 is 10.1 Å². The van der Waals surface area contributed by atoms with E-state index in [1.165, 1.54) is 4.90 Å². The van der Waals surface area contributed by atoms with E-state index < -0.39 is 23.8 Å². The summed E-state index contributed by atoms with van der Waals surface area (Å²) in [6.45, 7) is 1.11. The Morgan fingerprint density at radius 3 is 2.85 bits per heavy atom. The molecule has 20 heavy (non-hydrogen) atoms. The van der Waals surface area contributed by atoms with Gasteiger partial charge in [-0.05, 0) is 19.1 Å². The average Bonchev–Trinajstić information content (AvgIpc) is 2.41. The third-order valence-electron chi connectivity index (χ3n) is 2.93. The summed E-state index contributed by atoms with van der Waals surface area (Å²) >= 11 is 5.90. The molecule has 0 aromatic heterocycles. The van der Waals surface area contributed by atoms with Crippen LogP contribution in [0, 0.1) is 0 Å². The Kier molecular flexibility index (Phi) is 4.24. The highest BCUT2D eigenvalue weighted by Gasteiger charge is 2.33. The van der Waals surface area contributed by atoms with Crippen molar-refractivity contribution in [2.75, 3.05) is 13.2 Å². The first-order chi connectivity index (χ1) is 9.49. The summed E-state index contributed by atoms with van der Waals surface area (Å²) in [5.74, 6) is -1.06. The number of carbonyl (C=O) groups is 3. The number of amides is 3. The average molecular weight is 297 g/mol. The number of carbonyl (C=O) groups excluding carboxylic acids is 3. The van der Waals surface area contributed by atoms with Crippen molar-refractivity contribution in [2.24, 2.45) is 0 Å². The molecule has 106 valence electrons. The Labute approximate surface area is 120 Å². The van der Waals surface area contributed by atoms with E-state index in [0.29, 0.717) is 10.8 Å². The van der Waals surface area contributed by atoms with Crippen LogP contribution in [0.15, 0.2) is 24.3 Å². The normalized spacial score (nSPS) is 18.7. The number of ether oxygens (including phenoxy) is 1. The SMILES string of the molecule is CC1C(=O)NC(=O)CN1C(=O)COc1ccccc1Cl. The molecule has 0 aliphatic carbocycles. The van der Waals surface area contributed by atoms with Crippen LogP contribution in [0.1, 0.15) is 6.92 Å². The standard InChI is InChI=1S/C13H13ClN2O4/c1-8-13(19)15-11(17)6-16(8)12(18)7-20-10-5-3-2-4-9(10)14/h2-5,8H,6-7H2,1H3,(H,15,17,19). The van der Waals surface area contributed by atoms with Gasteiger partial charge >= 0.3 is 0 Å². The molecule has 3 amide bonds. The summed E-state index contributed by atoms with van der Waals surface area (Å²) in [7, 11) is 0. The fourth-order valence-corrected chi connectivity index (χ4v) is 1.99. The zero-order chi connectivity index (χ0) is 14.7. The zero-order valence-electron chi connectivity index (χ0n) is 10.8. The first-order valence-electron chi connectivity index (χ1n) is 5.99. The molecular weight excluding hydrogens is 284 g/mol. The lowest BCUT2D eigenvalue weighted by Crippen LogP contribution is -2.59. The van der Waals surface area contributed by atoms with Gasteiger partial charge in [-0.25, -0.2) is 0 Å². The van der Waals surface area contributed by atoms with E-state index in [1.54, 1.807) is 31.2 Å². The van der Waals surface area contributed by atoms with Crippen LogP contribution in [0.5, 0.6) is 5.75 Å². The Balaban J connectivity index is 1.99. The summed E-state index contributed by atoms with van der Waals surface area (Å²) in [6.07, 6.45) is 0. The maximum absolute atomic E-state index is 12.0. The summed E-state index contributed by atoms with van der Waals surface area (Å²) in [6, 6.07) is 6.04. The Morgan fingerprint density at radius 1 is 1.45 bits per heavy atom. The van der Waals surface area contributed by atoms with Crippen molar-refractivity contribution in [1.82, 2.24) is 10.2 Å². The van der Waals surface area contributed by atoms with Crippen molar-refractivity contribution in [2.45, 2.75) is 13.0 Å². The van der Waals surface area contributed by atoms with Gasteiger partial charge < -0.3 is 9.64 Å². The molecule has 0 saturated carbocycles. The number of para-hydroxylation sites is 1. The molecule has 1 aliphatic rings. The lowest BCUT2D eigenvalue weighted by atomic mass is 10.2. The van der Waals surface area contributed by atoms with Gasteiger partial charge in [0.25, 0.3) is 5.91 Å². The van der Waals surface area contributed by atoms with Gasteiger partial charge in [0.1, 0.15) is 18.3 Å². The van der Waals surface area contributed by atoms with Crippen LogP contribution in [0.4, 0.5) is 0 Å². The fourth-order valence-electron chi connectivity index (χ4n) is 1.80. The molecule has 1 fully saturated rings. The Hall–Kier alpha value is -2.08. The van der Waals surface area contributed by atoms with E-state index in [4.69, 9.17) is 16.3 Å². The molecule has 1 aromatic rings. The summed E-state index contributed by atoms with van der Waals surface area (Å²) in [5, 5.41) is 2.55. The minimum atomic E-state index is -0.699. The summed E-state index contributed by atoms with van der Waals surface area (Å²) in [4.78, 5) is 35.9. The monoisotopic (exact) mass is 296 g/mol. The van der Waals surface area contributed by atoms with Gasteiger partial charge in [-0.2, -0.15) is 0 Å². The molecule has 1 atom stereocenters. The van der Waals surface area contributed by atoms with E-state index >= 15 is 0 Å². The molecule has 0 spiro atoms. The van der Waals surface area contributed by atoms with Crippen molar-refractivity contribution in [3.8, 4) is 5.75 Å². The molecule has 1 saturated heterocycles. The smallest absolute Gasteiger partial charge is 0.261 e. The summed E-state index contributed by atoms with van der Waals surface area (Å²) in [5.41, 5.74) is 0. The van der Waals surface area contributed by atoms with Gasteiger partial charge in [0.05, 0.1) is 5.02 Å². The van der Waals surface area contributed by atoms with Crippen molar-refractivity contribution in [3.63, 3.8) is 0 Å². The number of halogens is 1. The van der Waals surface area contributed by atoms with Crippen molar-refractivity contribution in [3.05, 3.63) is 29.3 Å². The largest absolute Gasteiger partial charge is 0.482 e. The van der Waals surface area contributed by atoms with Gasteiger partial charge in [0.2, 0.25) is 11.8 Å². The number of imide groups is 1. The Morgan fingerprint density at radius 2 is 2.15 bits per heavy atom. The predicted octanol–water partition coefficient (Wildman–Crippen LogP) is 0.592. The van der Waals surface area contributed by atoms with Crippen molar-refractivity contribution < 1.29 is 19.1 Å². The van der Waals surface area contributed by atoms with E-state index in [2.05, 4.69) is 5.32 Å². The second-order valence-corrected chi connectivity index (χ2v) is 4.74. The molecule has 7 heteroatoms. The highest BCUT2D eigenvalue weighted by Crippen LogP contribution is 2.23. The lowest BCUT2D eigenvalue weighted by molar-refractivity contribution is -0.150. The number of hydrogen-bond acceptors (Lipinski definition) is 4. The van der Waals surface area contributed by atoms with Gasteiger partial charge in [0.15, 0.2) is 6.61 Å². The molecule has 0 radical (unpaired) electrons. The molecular formula is C13H13ClN2O4. The van der Waals surface area contributed by atoms with Gasteiger partial charge in [-0.3, -0.25) is 19.7 Å². The fraction of sp³-hybridized carbons (Fsp3) is 0.308. The molecule has 1 unspecified atom stereocenters. The number of rotatable bonds is 3. The third-order valence-corrected chi connectivity index (χ3v) is 3.24. The van der Waals surface area contributed by atoms with Crippen LogP contribution >= 0.6 is 11.6 Å². The third kappa shape index (κ3) is 3.08. The highest BCUT2D eigenvalue weighted by molar-refractivity contribution is 6.32. The van der Waals surface area contributed by atoms with Crippen LogP contribution in [-0.2, 0) is 14.4 Å². The minimum absolute atomic E-state index is 0.155. The highest BCUT2D eigenvalue weighted by atomic mass is 35.5. The minimum Gasteiger partial charge on any atom is -0.482 e. The lowest BCUT2D eigenvalue weighted by Gasteiger charge is -2.31. The Bertz CT molecular complexity index is 561. The van der Waals surface area contributed by atoms with Crippen LogP contribution in [0.3, 0.4) is 0 Å². The quantitative estimate of drug-likeness (QED) is 0.829. The number of nitrogens with zero attached hydrogens (tertiary/aromatic N) is 1. The molecule has 6 nitrogen and oxygen atoms in total. The first kappa shape index (κ1) is 14.3. The van der Waals surface area contributed by atoms with Crippen molar-refractivity contribution >= 4 is 29.3 Å². The van der Waals surface area contributed by atoms with Gasteiger partial charge in [-0.15, -0.1) is 0 Å². The number of benzene rings is 1. The number of hydrogen-bond donors (Lipinski definition) is 1. The topological polar surface area (TPSA) is 75.7 Å². The van der Waals surface area contributed by atoms with Crippen LogP contribution in [-0.4, -0.2) is 41.8 Å². The maximum Gasteiger partial charge on any atom is 0.261 e. The molecule has 2 rings (SSSR count). The molecule has 1 heterocycles. The molecule has 1 aromatic carbocycles. The van der Waals surface area contributed by atoms with Crippen LogP contribution in [0.25, 0.3) is 0 Å². The van der Waals surface area contributed by atoms with E-state index in [1.807, 2.05) is 0 Å². The van der Waals surface area contributed by atoms with Gasteiger partial charge in [-0.1, -0.05) is 23.7 Å².